The molecule has 8 heteroatoms. The van der Waals surface area contributed by atoms with Crippen molar-refractivity contribution in [2.24, 2.45) is 0 Å². The van der Waals surface area contributed by atoms with Crippen molar-refractivity contribution in [2.45, 2.75) is 13.0 Å². The number of benzene rings is 2. The summed E-state index contributed by atoms with van der Waals surface area (Å²) >= 11 is 0. The molecular formula is C20H14FN3O4. The summed E-state index contributed by atoms with van der Waals surface area (Å²) < 4.78 is 14.7. The van der Waals surface area contributed by atoms with E-state index >= 15 is 0 Å². The third-order valence-corrected chi connectivity index (χ3v) is 4.51. The lowest BCUT2D eigenvalue weighted by molar-refractivity contribution is -0.147. The van der Waals surface area contributed by atoms with E-state index in [-0.39, 0.29) is 17.1 Å². The number of carboxylic acid groups (broad SMARTS) is 1. The Labute approximate surface area is 157 Å². The van der Waals surface area contributed by atoms with Crippen LogP contribution < -0.4 is 10.9 Å². The maximum atomic E-state index is 13.1. The summed E-state index contributed by atoms with van der Waals surface area (Å²) in [4.78, 5) is 39.4. The number of carboxylic acids is 1. The number of carbonyl (C=O) groups is 2. The van der Waals surface area contributed by atoms with Crippen LogP contribution in [-0.2, 0) is 16.1 Å². The van der Waals surface area contributed by atoms with Crippen LogP contribution in [0.5, 0.6) is 0 Å². The number of nitrogens with one attached hydrogen (secondary N) is 1. The number of nitrogens with zero attached hydrogens (tertiary/aromatic N) is 2. The first kappa shape index (κ1) is 17.6. The Morgan fingerprint density at radius 1 is 1.18 bits per heavy atom. The van der Waals surface area contributed by atoms with Crippen molar-refractivity contribution in [2.75, 3.05) is 5.32 Å². The number of allylic oxidation sites excluding steroid dienone is 1. The van der Waals surface area contributed by atoms with Gasteiger partial charge >= 0.3 is 11.9 Å². The standard InChI is InChI=1S/C20H14FN3O4/c21-13-3-1-11(2-4-13)9-12-7-8-24-17(12)23-16-10-14(22-18(25)20(27)28)5-6-15(16)19(24)26/h1-6,9-10H,7-8H2,(H,22,25)(H,27,28). The van der Waals surface area contributed by atoms with E-state index in [1.54, 1.807) is 16.7 Å². The maximum absolute atomic E-state index is 13.1. The van der Waals surface area contributed by atoms with Crippen molar-refractivity contribution in [1.29, 1.82) is 0 Å². The largest absolute Gasteiger partial charge is 0.474 e. The van der Waals surface area contributed by atoms with Crippen LogP contribution in [0.1, 0.15) is 17.8 Å². The second-order valence-electron chi connectivity index (χ2n) is 6.35. The summed E-state index contributed by atoms with van der Waals surface area (Å²) in [5.74, 6) is -2.60. The SMILES string of the molecule is O=C(O)C(=O)Nc1ccc2c(=O)n3c(nc2c1)C(=Cc1ccc(F)cc1)CC3. The first-order valence-corrected chi connectivity index (χ1v) is 8.48. The molecule has 2 heterocycles. The lowest BCUT2D eigenvalue weighted by atomic mass is 10.1. The average molecular weight is 379 g/mol. The molecule has 140 valence electrons. The summed E-state index contributed by atoms with van der Waals surface area (Å²) in [6.07, 6.45) is 2.46. The smallest absolute Gasteiger partial charge is 0.394 e. The molecule has 1 aliphatic rings. The minimum Gasteiger partial charge on any atom is -0.474 e. The predicted molar refractivity (Wildman–Crippen MR) is 101 cm³/mol. The third kappa shape index (κ3) is 3.16. The number of aliphatic carboxylic acids is 1. The first-order valence-electron chi connectivity index (χ1n) is 8.48. The van der Waals surface area contributed by atoms with E-state index in [0.29, 0.717) is 29.7 Å². The summed E-state index contributed by atoms with van der Waals surface area (Å²) in [5, 5.41) is 11.3. The van der Waals surface area contributed by atoms with Crippen LogP contribution in [0.4, 0.5) is 10.1 Å². The van der Waals surface area contributed by atoms with Crippen molar-refractivity contribution in [3.63, 3.8) is 0 Å². The fourth-order valence-electron chi connectivity index (χ4n) is 3.18. The first-order chi connectivity index (χ1) is 13.4. The molecule has 1 amide bonds. The van der Waals surface area contributed by atoms with Gasteiger partial charge < -0.3 is 10.4 Å². The lowest BCUT2D eigenvalue weighted by Gasteiger charge is -2.08. The van der Waals surface area contributed by atoms with Crippen LogP contribution in [-0.4, -0.2) is 26.5 Å². The van der Waals surface area contributed by atoms with Gasteiger partial charge in [-0.1, -0.05) is 12.1 Å². The van der Waals surface area contributed by atoms with Gasteiger partial charge in [-0.05, 0) is 54.0 Å². The molecule has 3 aromatic rings. The second-order valence-corrected chi connectivity index (χ2v) is 6.35. The summed E-state index contributed by atoms with van der Waals surface area (Å²) in [5.41, 5.74) is 2.01. The van der Waals surface area contributed by atoms with Gasteiger partial charge in [-0.15, -0.1) is 0 Å². The van der Waals surface area contributed by atoms with E-state index in [9.17, 15) is 18.8 Å². The van der Waals surface area contributed by atoms with Gasteiger partial charge in [0.15, 0.2) is 0 Å². The maximum Gasteiger partial charge on any atom is 0.394 e. The molecule has 0 fully saturated rings. The van der Waals surface area contributed by atoms with Gasteiger partial charge in [0.1, 0.15) is 11.6 Å². The van der Waals surface area contributed by atoms with E-state index in [1.165, 1.54) is 30.3 Å². The van der Waals surface area contributed by atoms with Crippen molar-refractivity contribution in [1.82, 2.24) is 9.55 Å². The number of carbonyl (C=O) groups excluding carboxylic acids is 1. The minimum absolute atomic E-state index is 0.210. The highest BCUT2D eigenvalue weighted by Crippen LogP contribution is 2.28. The van der Waals surface area contributed by atoms with Crippen LogP contribution in [0, 0.1) is 5.82 Å². The van der Waals surface area contributed by atoms with Crippen molar-refractivity contribution in [3.8, 4) is 0 Å². The highest BCUT2D eigenvalue weighted by molar-refractivity contribution is 6.36. The number of fused-ring (bicyclic) bond motifs is 2. The van der Waals surface area contributed by atoms with Gasteiger partial charge in [-0.3, -0.25) is 14.2 Å². The Hall–Kier alpha value is -3.81. The minimum atomic E-state index is -1.61. The highest BCUT2D eigenvalue weighted by Gasteiger charge is 2.21. The molecule has 0 aliphatic carbocycles. The molecule has 0 saturated carbocycles. The molecule has 2 aromatic carbocycles. The van der Waals surface area contributed by atoms with Gasteiger partial charge in [0.2, 0.25) is 0 Å². The Kier molecular flexibility index (Phi) is 4.23. The van der Waals surface area contributed by atoms with E-state index in [2.05, 4.69) is 10.3 Å². The number of hydrogen-bond donors (Lipinski definition) is 2. The molecule has 0 saturated heterocycles. The summed E-state index contributed by atoms with van der Waals surface area (Å²) in [6.45, 7) is 0.488. The molecule has 0 radical (unpaired) electrons. The molecule has 2 N–H and O–H groups in total. The molecule has 0 atom stereocenters. The zero-order valence-corrected chi connectivity index (χ0v) is 14.5. The summed E-state index contributed by atoms with van der Waals surface area (Å²) in [7, 11) is 0. The fourth-order valence-corrected chi connectivity index (χ4v) is 3.18. The Balaban J connectivity index is 1.78. The van der Waals surface area contributed by atoms with E-state index in [1.807, 2.05) is 6.08 Å². The third-order valence-electron chi connectivity index (χ3n) is 4.51. The number of rotatable bonds is 2. The normalized spacial score (nSPS) is 14.2. The predicted octanol–water partition coefficient (Wildman–Crippen LogP) is 2.50. The number of aromatic nitrogens is 2. The molecule has 1 aliphatic heterocycles. The molecule has 1 aromatic heterocycles. The Morgan fingerprint density at radius 2 is 1.93 bits per heavy atom. The van der Waals surface area contributed by atoms with Crippen LogP contribution in [0.15, 0.2) is 47.3 Å². The number of anilines is 1. The Morgan fingerprint density at radius 3 is 2.64 bits per heavy atom. The van der Waals surface area contributed by atoms with Gasteiger partial charge in [-0.25, -0.2) is 14.2 Å². The van der Waals surface area contributed by atoms with Crippen LogP contribution in [0.25, 0.3) is 22.6 Å². The Bertz CT molecular complexity index is 1210. The van der Waals surface area contributed by atoms with Crippen molar-refractivity contribution < 1.29 is 19.1 Å². The fraction of sp³-hybridized carbons (Fsp3) is 0.100. The van der Waals surface area contributed by atoms with Crippen molar-refractivity contribution >= 4 is 40.1 Å². The lowest BCUT2D eigenvalue weighted by Crippen LogP contribution is -2.23. The molecular weight excluding hydrogens is 365 g/mol. The number of hydrogen-bond acceptors (Lipinski definition) is 4. The number of halogens is 1. The van der Waals surface area contributed by atoms with Crippen LogP contribution >= 0.6 is 0 Å². The topological polar surface area (TPSA) is 101 Å². The van der Waals surface area contributed by atoms with Gasteiger partial charge in [-0.2, -0.15) is 0 Å². The van der Waals surface area contributed by atoms with E-state index in [0.717, 1.165) is 11.1 Å². The number of amides is 1. The monoisotopic (exact) mass is 379 g/mol. The zero-order valence-electron chi connectivity index (χ0n) is 14.5. The molecule has 4 rings (SSSR count). The van der Waals surface area contributed by atoms with Crippen LogP contribution in [0.3, 0.4) is 0 Å². The summed E-state index contributed by atoms with van der Waals surface area (Å²) in [6, 6.07) is 10.4. The molecule has 7 nitrogen and oxygen atoms in total. The quantitative estimate of drug-likeness (QED) is 0.666. The second kappa shape index (κ2) is 6.73. The molecule has 0 bridgehead atoms. The molecule has 0 unspecified atom stereocenters. The molecule has 0 spiro atoms. The molecule has 28 heavy (non-hydrogen) atoms. The van der Waals surface area contributed by atoms with Gasteiger partial charge in [0.05, 0.1) is 10.9 Å². The van der Waals surface area contributed by atoms with Gasteiger partial charge in [0, 0.05) is 12.2 Å². The van der Waals surface area contributed by atoms with Crippen molar-refractivity contribution in [3.05, 3.63) is 70.0 Å². The van der Waals surface area contributed by atoms with Gasteiger partial charge in [0.25, 0.3) is 5.56 Å². The highest BCUT2D eigenvalue weighted by atomic mass is 19.1. The van der Waals surface area contributed by atoms with Crippen LogP contribution in [0.2, 0.25) is 0 Å². The van der Waals surface area contributed by atoms with E-state index < -0.39 is 11.9 Å². The zero-order chi connectivity index (χ0) is 19.8. The van der Waals surface area contributed by atoms with E-state index in [4.69, 9.17) is 5.11 Å². The average Bonchev–Trinajstić information content (AvgIpc) is 3.06.